The van der Waals surface area contributed by atoms with Gasteiger partial charge < -0.3 is 10.1 Å². The lowest BCUT2D eigenvalue weighted by Gasteiger charge is -2.12. The summed E-state index contributed by atoms with van der Waals surface area (Å²) in [5.41, 5.74) is 2.45. The van der Waals surface area contributed by atoms with Gasteiger partial charge in [0, 0.05) is 17.6 Å². The first kappa shape index (κ1) is 17.0. The summed E-state index contributed by atoms with van der Waals surface area (Å²) >= 11 is 10.7. The maximum atomic E-state index is 5.59. The molecule has 112 valence electrons. The van der Waals surface area contributed by atoms with E-state index in [4.69, 9.17) is 4.74 Å². The van der Waals surface area contributed by atoms with Crippen molar-refractivity contribution >= 4 is 47.8 Å². The number of benzene rings is 2. The molecule has 0 saturated carbocycles. The van der Waals surface area contributed by atoms with Gasteiger partial charge in [0.1, 0.15) is 5.75 Å². The van der Waals surface area contributed by atoms with Crippen molar-refractivity contribution in [3.8, 4) is 5.75 Å². The number of rotatable bonds is 6. The third-order valence-corrected chi connectivity index (χ3v) is 4.90. The first-order valence-corrected chi connectivity index (χ1v) is 9.04. The molecule has 0 saturated heterocycles. The predicted molar refractivity (Wildman–Crippen MR) is 97.7 cm³/mol. The van der Waals surface area contributed by atoms with Crippen molar-refractivity contribution in [3.63, 3.8) is 0 Å². The summed E-state index contributed by atoms with van der Waals surface area (Å²) in [6.45, 7) is 4.25. The highest BCUT2D eigenvalue weighted by molar-refractivity contribution is 9.11. The molecule has 1 N–H and O–H groups in total. The van der Waals surface area contributed by atoms with Gasteiger partial charge in [-0.3, -0.25) is 0 Å². The molecule has 0 spiro atoms. The van der Waals surface area contributed by atoms with E-state index < -0.39 is 0 Å². The van der Waals surface area contributed by atoms with Crippen LogP contribution in [0.25, 0.3) is 0 Å². The Bertz CT molecular complexity index is 593. The van der Waals surface area contributed by atoms with Crippen LogP contribution in [0.2, 0.25) is 0 Å². The van der Waals surface area contributed by atoms with Crippen LogP contribution in [-0.2, 0) is 13.1 Å². The summed E-state index contributed by atoms with van der Waals surface area (Å²) in [5, 5.41) is 3.45. The van der Waals surface area contributed by atoms with E-state index in [1.54, 1.807) is 0 Å². The fourth-order valence-electron chi connectivity index (χ4n) is 1.98. The fraction of sp³-hybridized carbons (Fsp3) is 0.250. The van der Waals surface area contributed by atoms with Crippen LogP contribution < -0.4 is 10.1 Å². The summed E-state index contributed by atoms with van der Waals surface area (Å²) in [4.78, 5) is 0. The Hall–Kier alpha value is -0.360. The summed E-state index contributed by atoms with van der Waals surface area (Å²) in [7, 11) is 0. The molecule has 0 aliphatic carbocycles. The van der Waals surface area contributed by atoms with Crippen LogP contribution in [0.4, 0.5) is 0 Å². The molecule has 2 aromatic rings. The van der Waals surface area contributed by atoms with E-state index >= 15 is 0 Å². The molecule has 5 heteroatoms. The smallest absolute Gasteiger partial charge is 0.147 e. The Morgan fingerprint density at radius 3 is 2.24 bits per heavy atom. The minimum Gasteiger partial charge on any atom is -0.492 e. The SMILES string of the molecule is CCOc1c(Br)cc(CNCc2ccccc2Br)cc1Br. The van der Waals surface area contributed by atoms with Gasteiger partial charge in [0.15, 0.2) is 0 Å². The number of ether oxygens (including phenoxy) is 1. The molecule has 0 atom stereocenters. The maximum absolute atomic E-state index is 5.59. The second kappa shape index (κ2) is 8.32. The summed E-state index contributed by atoms with van der Waals surface area (Å²) in [5.74, 6) is 0.854. The quantitative estimate of drug-likeness (QED) is 0.579. The van der Waals surface area contributed by atoms with Crippen LogP contribution in [0.15, 0.2) is 49.8 Å². The minimum absolute atomic E-state index is 0.650. The molecule has 0 unspecified atom stereocenters. The van der Waals surface area contributed by atoms with Crippen molar-refractivity contribution < 1.29 is 4.74 Å². The number of hydrogen-bond acceptors (Lipinski definition) is 2. The van der Waals surface area contributed by atoms with Gasteiger partial charge in [-0.25, -0.2) is 0 Å². The zero-order valence-corrected chi connectivity index (χ0v) is 16.4. The van der Waals surface area contributed by atoms with Crippen LogP contribution in [0.5, 0.6) is 5.75 Å². The van der Waals surface area contributed by atoms with Gasteiger partial charge in [-0.2, -0.15) is 0 Å². The van der Waals surface area contributed by atoms with E-state index in [0.717, 1.165) is 32.3 Å². The lowest BCUT2D eigenvalue weighted by Crippen LogP contribution is -2.13. The Morgan fingerprint density at radius 1 is 0.952 bits per heavy atom. The van der Waals surface area contributed by atoms with Gasteiger partial charge in [0.05, 0.1) is 15.6 Å². The zero-order chi connectivity index (χ0) is 15.2. The van der Waals surface area contributed by atoms with Crippen LogP contribution in [0.1, 0.15) is 18.1 Å². The molecule has 0 heterocycles. The molecule has 2 aromatic carbocycles. The Kier molecular flexibility index (Phi) is 6.74. The molecule has 0 aliphatic rings. The fourth-order valence-corrected chi connectivity index (χ4v) is 3.92. The predicted octanol–water partition coefficient (Wildman–Crippen LogP) is 5.66. The topological polar surface area (TPSA) is 21.3 Å². The first-order chi connectivity index (χ1) is 10.1. The first-order valence-electron chi connectivity index (χ1n) is 6.66. The van der Waals surface area contributed by atoms with Crippen molar-refractivity contribution in [3.05, 3.63) is 60.9 Å². The van der Waals surface area contributed by atoms with Gasteiger partial charge in [-0.05, 0) is 68.1 Å². The lowest BCUT2D eigenvalue weighted by atomic mass is 10.2. The molecular formula is C16H16Br3NO. The highest BCUT2D eigenvalue weighted by atomic mass is 79.9. The number of nitrogens with one attached hydrogen (secondary N) is 1. The second-order valence-electron chi connectivity index (χ2n) is 4.52. The average Bonchev–Trinajstić information content (AvgIpc) is 2.45. The van der Waals surface area contributed by atoms with E-state index in [-0.39, 0.29) is 0 Å². The molecular weight excluding hydrogens is 462 g/mol. The Balaban J connectivity index is 1.99. The Labute approximate surface area is 150 Å². The van der Waals surface area contributed by atoms with Gasteiger partial charge in [-0.15, -0.1) is 0 Å². The third kappa shape index (κ3) is 4.81. The van der Waals surface area contributed by atoms with Crippen molar-refractivity contribution in [2.75, 3.05) is 6.61 Å². The van der Waals surface area contributed by atoms with Crippen LogP contribution >= 0.6 is 47.8 Å². The van der Waals surface area contributed by atoms with Crippen molar-refractivity contribution in [1.82, 2.24) is 5.32 Å². The zero-order valence-electron chi connectivity index (χ0n) is 11.6. The molecule has 2 nitrogen and oxygen atoms in total. The standard InChI is InChI=1S/C16H16Br3NO/c1-2-21-16-14(18)7-11(8-15(16)19)9-20-10-12-5-3-4-6-13(12)17/h3-8,20H,2,9-10H2,1H3. The van der Waals surface area contributed by atoms with Crippen LogP contribution in [0.3, 0.4) is 0 Å². The van der Waals surface area contributed by atoms with E-state index in [1.165, 1.54) is 11.1 Å². The molecule has 0 bridgehead atoms. The highest BCUT2D eigenvalue weighted by Gasteiger charge is 2.08. The van der Waals surface area contributed by atoms with E-state index in [9.17, 15) is 0 Å². The maximum Gasteiger partial charge on any atom is 0.147 e. The molecule has 0 fully saturated rings. The molecule has 0 aliphatic heterocycles. The normalized spacial score (nSPS) is 10.7. The van der Waals surface area contributed by atoms with E-state index in [1.807, 2.05) is 19.1 Å². The Morgan fingerprint density at radius 2 is 1.62 bits per heavy atom. The van der Waals surface area contributed by atoms with E-state index in [0.29, 0.717) is 6.61 Å². The summed E-state index contributed by atoms with van der Waals surface area (Å²) in [6.07, 6.45) is 0. The van der Waals surface area contributed by atoms with Crippen molar-refractivity contribution in [2.24, 2.45) is 0 Å². The molecule has 0 aromatic heterocycles. The minimum atomic E-state index is 0.650. The summed E-state index contributed by atoms with van der Waals surface area (Å²) < 4.78 is 8.66. The third-order valence-electron chi connectivity index (χ3n) is 2.95. The van der Waals surface area contributed by atoms with Gasteiger partial charge in [-0.1, -0.05) is 34.1 Å². The van der Waals surface area contributed by atoms with Crippen molar-refractivity contribution in [2.45, 2.75) is 20.0 Å². The largest absolute Gasteiger partial charge is 0.492 e. The lowest BCUT2D eigenvalue weighted by molar-refractivity contribution is 0.336. The van der Waals surface area contributed by atoms with Crippen LogP contribution in [0, 0.1) is 0 Å². The average molecular weight is 478 g/mol. The van der Waals surface area contributed by atoms with Gasteiger partial charge in [0.25, 0.3) is 0 Å². The summed E-state index contributed by atoms with van der Waals surface area (Å²) in [6, 6.07) is 12.4. The molecule has 21 heavy (non-hydrogen) atoms. The van der Waals surface area contributed by atoms with Crippen molar-refractivity contribution in [1.29, 1.82) is 0 Å². The van der Waals surface area contributed by atoms with E-state index in [2.05, 4.69) is 77.4 Å². The van der Waals surface area contributed by atoms with Crippen LogP contribution in [-0.4, -0.2) is 6.61 Å². The monoisotopic (exact) mass is 475 g/mol. The molecule has 0 radical (unpaired) electrons. The number of hydrogen-bond donors (Lipinski definition) is 1. The van der Waals surface area contributed by atoms with Gasteiger partial charge in [0.2, 0.25) is 0 Å². The van der Waals surface area contributed by atoms with Gasteiger partial charge >= 0.3 is 0 Å². The number of halogens is 3. The second-order valence-corrected chi connectivity index (χ2v) is 7.08. The highest BCUT2D eigenvalue weighted by Crippen LogP contribution is 2.34. The molecule has 0 amide bonds. The molecule has 2 rings (SSSR count).